The molecule has 2 rings (SSSR count). The largest absolute Gasteiger partial charge is 0.534 e. The maximum absolute atomic E-state index is 13.4. The summed E-state index contributed by atoms with van der Waals surface area (Å²) >= 11 is 0. The molecule has 0 aromatic rings. The summed E-state index contributed by atoms with van der Waals surface area (Å²) in [6, 6.07) is 2.37. The number of hydrogen-bond donors (Lipinski definition) is 0. The minimum atomic E-state index is -5.98. The van der Waals surface area contributed by atoms with Crippen molar-refractivity contribution in [1.82, 2.24) is 0 Å². The molecule has 0 bridgehead atoms. The Hall–Kier alpha value is -0.963. The van der Waals surface area contributed by atoms with Gasteiger partial charge in [-0.25, -0.2) is 0 Å². The number of allylic oxidation sites excluding steroid dienone is 1. The van der Waals surface area contributed by atoms with Crippen LogP contribution in [0.15, 0.2) is 24.5 Å². The molecule has 0 N–H and O–H groups in total. The highest BCUT2D eigenvalue weighted by atomic mass is 32.2. The van der Waals surface area contributed by atoms with Crippen LogP contribution in [0.4, 0.5) is 13.2 Å². The summed E-state index contributed by atoms with van der Waals surface area (Å²) in [5.74, 6) is -3.88. The number of fused-ring (bicyclic) bond motifs is 1. The summed E-state index contributed by atoms with van der Waals surface area (Å²) in [5, 5.41) is 0. The zero-order chi connectivity index (χ0) is 28.5. The maximum Gasteiger partial charge on any atom is 0.534 e. The lowest BCUT2D eigenvalue weighted by molar-refractivity contribution is -0.450. The third kappa shape index (κ3) is 5.68. The fourth-order valence-electron chi connectivity index (χ4n) is 5.12. The summed E-state index contributed by atoms with van der Waals surface area (Å²) in [6.45, 7) is 14.7. The summed E-state index contributed by atoms with van der Waals surface area (Å²) in [5.41, 5.74) is -6.96. The SMILES string of the molecule is C=CC[C@]1(CO[Si](CC)(CC)CC)C(OS(=O)(=O)C(F)(F)F)=C[C@H]2O[C@](C)(OC)[C@@](C)(OC)O[C@@H]2[C@H]1C. The van der Waals surface area contributed by atoms with Crippen LogP contribution in [0.3, 0.4) is 0 Å². The molecule has 37 heavy (non-hydrogen) atoms. The molecular weight excluding hydrogens is 533 g/mol. The number of rotatable bonds is 12. The van der Waals surface area contributed by atoms with E-state index >= 15 is 0 Å². The second-order valence-electron chi connectivity index (χ2n) is 9.95. The molecule has 0 aromatic heterocycles. The van der Waals surface area contributed by atoms with Crippen molar-refractivity contribution in [2.75, 3.05) is 20.8 Å². The van der Waals surface area contributed by atoms with Gasteiger partial charge in [-0.2, -0.15) is 21.6 Å². The van der Waals surface area contributed by atoms with Crippen LogP contribution < -0.4 is 0 Å². The van der Waals surface area contributed by atoms with E-state index < -0.39 is 64.8 Å². The van der Waals surface area contributed by atoms with Crippen LogP contribution in [0.25, 0.3) is 0 Å². The topological polar surface area (TPSA) is 89.5 Å². The molecule has 0 amide bonds. The Morgan fingerprint density at radius 3 is 2.03 bits per heavy atom. The third-order valence-corrected chi connectivity index (χ3v) is 14.0. The van der Waals surface area contributed by atoms with Crippen LogP contribution in [0.1, 0.15) is 48.0 Å². The van der Waals surface area contributed by atoms with Gasteiger partial charge in [0.15, 0.2) is 8.32 Å². The zero-order valence-electron chi connectivity index (χ0n) is 22.9. The molecule has 0 saturated carbocycles. The monoisotopic (exact) mass is 574 g/mol. The standard InChI is InChI=1S/C24H41F3O8SSi/c1-10-14-23(16-32-37(11-2,12-3)13-4)17(5)20-18(15-19(23)35-36(28,29)24(25,26)27)33-21(6,30-8)22(7,31-9)34-20/h10,15,17-18,20H,1,11-14,16H2,2-9H3/t17-,18-,20-,21+,22+,23-/m1/s1. The van der Waals surface area contributed by atoms with E-state index in [9.17, 15) is 21.6 Å². The number of ether oxygens (including phenoxy) is 4. The van der Waals surface area contributed by atoms with Crippen molar-refractivity contribution in [3.05, 3.63) is 24.5 Å². The number of hydrogen-bond acceptors (Lipinski definition) is 8. The predicted octanol–water partition coefficient (Wildman–Crippen LogP) is 5.48. The quantitative estimate of drug-likeness (QED) is 0.131. The Kier molecular flexibility index (Phi) is 9.82. The lowest BCUT2D eigenvalue weighted by Crippen LogP contribution is -2.68. The highest BCUT2D eigenvalue weighted by Gasteiger charge is 2.63. The Bertz CT molecular complexity index is 946. The number of methoxy groups -OCH3 is 2. The van der Waals surface area contributed by atoms with Crippen molar-refractivity contribution in [3.8, 4) is 0 Å². The van der Waals surface area contributed by atoms with Gasteiger partial charge in [-0.15, -0.1) is 6.58 Å². The molecule has 2 aliphatic rings. The van der Waals surface area contributed by atoms with Gasteiger partial charge in [0.25, 0.3) is 0 Å². The van der Waals surface area contributed by atoms with Crippen LogP contribution in [0, 0.1) is 11.3 Å². The zero-order valence-corrected chi connectivity index (χ0v) is 24.8. The van der Waals surface area contributed by atoms with Crippen molar-refractivity contribution in [3.63, 3.8) is 0 Å². The van der Waals surface area contributed by atoms with E-state index in [4.69, 9.17) is 27.6 Å². The van der Waals surface area contributed by atoms with E-state index in [2.05, 4.69) is 6.58 Å². The Balaban J connectivity index is 2.73. The van der Waals surface area contributed by atoms with E-state index in [-0.39, 0.29) is 13.0 Å². The average molecular weight is 575 g/mol. The van der Waals surface area contributed by atoms with Gasteiger partial charge in [0.2, 0.25) is 11.6 Å². The van der Waals surface area contributed by atoms with Crippen LogP contribution in [0.2, 0.25) is 18.1 Å². The van der Waals surface area contributed by atoms with E-state index in [0.717, 1.165) is 18.1 Å². The van der Waals surface area contributed by atoms with Gasteiger partial charge in [-0.1, -0.05) is 33.8 Å². The van der Waals surface area contributed by atoms with Gasteiger partial charge < -0.3 is 27.6 Å². The maximum atomic E-state index is 13.4. The van der Waals surface area contributed by atoms with Crippen molar-refractivity contribution >= 4 is 18.4 Å². The first-order chi connectivity index (χ1) is 17.0. The molecule has 0 aromatic carbocycles. The van der Waals surface area contributed by atoms with Crippen LogP contribution >= 0.6 is 0 Å². The van der Waals surface area contributed by atoms with Gasteiger partial charge in [0.1, 0.15) is 11.9 Å². The first kappa shape index (κ1) is 32.2. The van der Waals surface area contributed by atoms with Crippen molar-refractivity contribution in [2.45, 2.75) is 95.4 Å². The van der Waals surface area contributed by atoms with Gasteiger partial charge >= 0.3 is 15.6 Å². The van der Waals surface area contributed by atoms with Gasteiger partial charge in [-0.3, -0.25) is 0 Å². The minimum absolute atomic E-state index is 0.0705. The lowest BCUT2D eigenvalue weighted by Gasteiger charge is -2.57. The van der Waals surface area contributed by atoms with Gasteiger partial charge in [0.05, 0.1) is 11.5 Å². The van der Waals surface area contributed by atoms with Crippen molar-refractivity contribution < 1.29 is 49.1 Å². The van der Waals surface area contributed by atoms with E-state index in [1.807, 2.05) is 20.8 Å². The van der Waals surface area contributed by atoms with Crippen LogP contribution in [0.5, 0.6) is 0 Å². The van der Waals surface area contributed by atoms with Crippen molar-refractivity contribution in [2.24, 2.45) is 11.3 Å². The van der Waals surface area contributed by atoms with Gasteiger partial charge in [-0.05, 0) is 44.5 Å². The molecule has 8 nitrogen and oxygen atoms in total. The lowest BCUT2D eigenvalue weighted by atomic mass is 9.65. The molecule has 13 heteroatoms. The average Bonchev–Trinajstić information content (AvgIpc) is 2.84. The van der Waals surface area contributed by atoms with Gasteiger partial charge in [0, 0.05) is 26.7 Å². The molecular formula is C24H41F3O8SSi. The van der Waals surface area contributed by atoms with Crippen LogP contribution in [-0.2, 0) is 37.7 Å². The normalized spacial score (nSPS) is 35.0. The highest BCUT2D eigenvalue weighted by molar-refractivity contribution is 7.87. The molecule has 0 radical (unpaired) electrons. The molecule has 0 spiro atoms. The predicted molar refractivity (Wildman–Crippen MR) is 134 cm³/mol. The fraction of sp³-hybridized carbons (Fsp3) is 0.833. The number of halogens is 3. The highest BCUT2D eigenvalue weighted by Crippen LogP contribution is 2.53. The first-order valence-corrected chi connectivity index (χ1v) is 16.4. The summed E-state index contributed by atoms with van der Waals surface area (Å²) in [4.78, 5) is 0. The van der Waals surface area contributed by atoms with Crippen LogP contribution in [-0.4, -0.2) is 66.9 Å². The third-order valence-electron chi connectivity index (χ3n) is 8.38. The van der Waals surface area contributed by atoms with Crippen molar-refractivity contribution in [1.29, 1.82) is 0 Å². The Morgan fingerprint density at radius 1 is 1.08 bits per heavy atom. The Labute approximate surface area is 219 Å². The summed E-state index contributed by atoms with van der Waals surface area (Å²) in [6.07, 6.45) is 1.08. The van der Waals surface area contributed by atoms with E-state index in [1.54, 1.807) is 20.8 Å². The molecule has 216 valence electrons. The smallest absolute Gasteiger partial charge is 0.416 e. The molecule has 1 fully saturated rings. The summed E-state index contributed by atoms with van der Waals surface area (Å²) < 4.78 is 99.8. The Morgan fingerprint density at radius 2 is 1.59 bits per heavy atom. The minimum Gasteiger partial charge on any atom is -0.416 e. The second-order valence-corrected chi connectivity index (χ2v) is 16.3. The molecule has 6 atom stereocenters. The molecule has 0 unspecified atom stereocenters. The molecule has 1 saturated heterocycles. The fourth-order valence-corrected chi connectivity index (χ4v) is 8.35. The van der Waals surface area contributed by atoms with E-state index in [0.29, 0.717) is 0 Å². The second kappa shape index (κ2) is 11.3. The first-order valence-electron chi connectivity index (χ1n) is 12.4. The molecule has 1 aliphatic carbocycles. The van der Waals surface area contributed by atoms with E-state index in [1.165, 1.54) is 26.4 Å². The molecule has 1 heterocycles. The summed E-state index contributed by atoms with van der Waals surface area (Å²) in [7, 11) is -5.42. The molecule has 1 aliphatic heterocycles. The number of alkyl halides is 3.